The van der Waals surface area contributed by atoms with E-state index in [-0.39, 0.29) is 0 Å². The minimum Gasteiger partial charge on any atom is -0.316 e. The molecule has 2 aliphatic rings. The predicted molar refractivity (Wildman–Crippen MR) is 74.1 cm³/mol. The Kier molecular flexibility index (Phi) is 6.06. The second-order valence-corrected chi connectivity index (χ2v) is 6.78. The van der Waals surface area contributed by atoms with Crippen LogP contribution in [-0.4, -0.2) is 24.6 Å². The van der Waals surface area contributed by atoms with Crippen LogP contribution in [0.4, 0.5) is 0 Å². The summed E-state index contributed by atoms with van der Waals surface area (Å²) in [4.78, 5) is 0. The number of hydrogen-bond acceptors (Lipinski definition) is 2. The van der Waals surface area contributed by atoms with Crippen molar-refractivity contribution in [1.82, 2.24) is 5.32 Å². The van der Waals surface area contributed by atoms with Crippen LogP contribution in [-0.2, 0) is 0 Å². The Labute approximate surface area is 105 Å². The molecule has 2 fully saturated rings. The lowest BCUT2D eigenvalue weighted by Crippen LogP contribution is -2.27. The van der Waals surface area contributed by atoms with E-state index in [1.165, 1.54) is 76.0 Å². The monoisotopic (exact) mass is 241 g/mol. The quantitative estimate of drug-likeness (QED) is 0.737. The Bertz CT molecular complexity index is 152. The third-order valence-corrected chi connectivity index (χ3v) is 5.28. The maximum absolute atomic E-state index is 3.69. The maximum Gasteiger partial charge on any atom is -0.00199 e. The van der Waals surface area contributed by atoms with Crippen molar-refractivity contribution in [3.63, 3.8) is 0 Å². The van der Waals surface area contributed by atoms with Gasteiger partial charge in [-0.2, -0.15) is 11.8 Å². The highest BCUT2D eigenvalue weighted by Gasteiger charge is 2.14. The minimum atomic E-state index is 0.979. The summed E-state index contributed by atoms with van der Waals surface area (Å²) in [5.41, 5.74) is 0. The molecule has 0 bridgehead atoms. The summed E-state index contributed by atoms with van der Waals surface area (Å²) < 4.78 is 0. The van der Waals surface area contributed by atoms with Gasteiger partial charge in [-0.3, -0.25) is 0 Å². The van der Waals surface area contributed by atoms with Crippen molar-refractivity contribution in [3.8, 4) is 0 Å². The molecule has 0 atom stereocenters. The molecule has 2 rings (SSSR count). The molecule has 0 aromatic carbocycles. The second kappa shape index (κ2) is 7.60. The van der Waals surface area contributed by atoms with E-state index in [1.807, 2.05) is 0 Å². The highest BCUT2D eigenvalue weighted by molar-refractivity contribution is 7.99. The maximum atomic E-state index is 3.69. The van der Waals surface area contributed by atoms with E-state index in [4.69, 9.17) is 0 Å². The van der Waals surface area contributed by atoms with Gasteiger partial charge >= 0.3 is 0 Å². The van der Waals surface area contributed by atoms with E-state index in [0.717, 1.165) is 11.8 Å². The molecular weight excluding hydrogens is 214 g/mol. The van der Waals surface area contributed by atoms with E-state index >= 15 is 0 Å². The Hall–Kier alpha value is 0.310. The average molecular weight is 241 g/mol. The number of nitrogens with one attached hydrogen (secondary N) is 1. The largest absolute Gasteiger partial charge is 0.316 e. The van der Waals surface area contributed by atoms with Gasteiger partial charge < -0.3 is 5.32 Å². The molecule has 1 aliphatic carbocycles. The smallest absolute Gasteiger partial charge is 0.00199 e. The second-order valence-electron chi connectivity index (χ2n) is 5.55. The first kappa shape index (κ1) is 12.8. The molecule has 0 radical (unpaired) electrons. The third kappa shape index (κ3) is 4.67. The van der Waals surface area contributed by atoms with Crippen LogP contribution in [0.2, 0.25) is 0 Å². The van der Waals surface area contributed by atoms with Crippen LogP contribution < -0.4 is 5.32 Å². The van der Waals surface area contributed by atoms with Crippen molar-refractivity contribution >= 4 is 11.8 Å². The van der Waals surface area contributed by atoms with E-state index in [9.17, 15) is 0 Å². The zero-order valence-electron chi connectivity index (χ0n) is 10.5. The molecule has 94 valence electrons. The van der Waals surface area contributed by atoms with Gasteiger partial charge in [0.2, 0.25) is 0 Å². The summed E-state index contributed by atoms with van der Waals surface area (Å²) in [6.07, 6.45) is 11.8. The van der Waals surface area contributed by atoms with Gasteiger partial charge in [-0.05, 0) is 55.7 Å². The Morgan fingerprint density at radius 3 is 2.38 bits per heavy atom. The lowest BCUT2D eigenvalue weighted by atomic mass is 9.87. The van der Waals surface area contributed by atoms with Crippen LogP contribution >= 0.6 is 11.8 Å². The molecule has 1 heterocycles. The van der Waals surface area contributed by atoms with Crippen LogP contribution in [0.3, 0.4) is 0 Å². The Morgan fingerprint density at radius 2 is 1.62 bits per heavy atom. The van der Waals surface area contributed by atoms with Gasteiger partial charge in [-0.1, -0.05) is 32.1 Å². The number of rotatable bonds is 5. The van der Waals surface area contributed by atoms with E-state index in [2.05, 4.69) is 17.1 Å². The molecule has 16 heavy (non-hydrogen) atoms. The first-order valence-electron chi connectivity index (χ1n) is 7.23. The lowest BCUT2D eigenvalue weighted by molar-refractivity contribution is 0.328. The molecule has 1 saturated carbocycles. The normalized spacial score (nSPS) is 24.8. The fourth-order valence-electron chi connectivity index (χ4n) is 3.04. The summed E-state index contributed by atoms with van der Waals surface area (Å²) in [5, 5.41) is 3.69. The lowest BCUT2D eigenvalue weighted by Gasteiger charge is -2.24. The fraction of sp³-hybridized carbons (Fsp3) is 1.00. The van der Waals surface area contributed by atoms with Crippen molar-refractivity contribution in [2.75, 3.05) is 24.6 Å². The fourth-order valence-corrected chi connectivity index (χ4v) is 4.24. The van der Waals surface area contributed by atoms with Crippen LogP contribution in [0.5, 0.6) is 0 Å². The minimum absolute atomic E-state index is 0.979. The van der Waals surface area contributed by atoms with E-state index < -0.39 is 0 Å². The Balaban J connectivity index is 1.47. The number of hydrogen-bond donors (Lipinski definition) is 1. The number of thioether (sulfide) groups is 1. The van der Waals surface area contributed by atoms with Crippen LogP contribution in [0.25, 0.3) is 0 Å². The van der Waals surface area contributed by atoms with Crippen molar-refractivity contribution in [3.05, 3.63) is 0 Å². The molecule has 1 aliphatic heterocycles. The highest BCUT2D eigenvalue weighted by Crippen LogP contribution is 2.26. The first-order chi connectivity index (χ1) is 7.95. The van der Waals surface area contributed by atoms with Gasteiger partial charge in [0.25, 0.3) is 0 Å². The van der Waals surface area contributed by atoms with Gasteiger partial charge in [-0.15, -0.1) is 0 Å². The molecule has 0 unspecified atom stereocenters. The first-order valence-corrected chi connectivity index (χ1v) is 8.39. The van der Waals surface area contributed by atoms with Crippen molar-refractivity contribution in [2.24, 2.45) is 11.8 Å². The molecular formula is C14H27NS. The molecule has 2 heteroatoms. The van der Waals surface area contributed by atoms with Gasteiger partial charge in [0, 0.05) is 0 Å². The SMILES string of the molecule is C1CCC(CCNCC2CCSCC2)CC1. The van der Waals surface area contributed by atoms with Crippen molar-refractivity contribution < 1.29 is 0 Å². The average Bonchev–Trinajstić information content (AvgIpc) is 2.37. The van der Waals surface area contributed by atoms with Crippen LogP contribution in [0.1, 0.15) is 51.4 Å². The summed E-state index contributed by atoms with van der Waals surface area (Å²) in [5.74, 6) is 4.82. The predicted octanol–water partition coefficient (Wildman–Crippen LogP) is 3.69. The van der Waals surface area contributed by atoms with Gasteiger partial charge in [0.15, 0.2) is 0 Å². The molecule has 0 aromatic heterocycles. The molecule has 1 saturated heterocycles. The van der Waals surface area contributed by atoms with Crippen molar-refractivity contribution in [2.45, 2.75) is 51.4 Å². The van der Waals surface area contributed by atoms with Gasteiger partial charge in [-0.25, -0.2) is 0 Å². The summed E-state index contributed by atoms with van der Waals surface area (Å²) >= 11 is 2.13. The summed E-state index contributed by atoms with van der Waals surface area (Å²) in [6, 6.07) is 0. The zero-order valence-corrected chi connectivity index (χ0v) is 11.4. The zero-order chi connectivity index (χ0) is 11.1. The highest BCUT2D eigenvalue weighted by atomic mass is 32.2. The third-order valence-electron chi connectivity index (χ3n) is 4.23. The topological polar surface area (TPSA) is 12.0 Å². The van der Waals surface area contributed by atoms with Crippen LogP contribution in [0.15, 0.2) is 0 Å². The van der Waals surface area contributed by atoms with E-state index in [0.29, 0.717) is 0 Å². The molecule has 0 spiro atoms. The summed E-state index contributed by atoms with van der Waals surface area (Å²) in [6.45, 7) is 2.56. The van der Waals surface area contributed by atoms with Gasteiger partial charge in [0.05, 0.1) is 0 Å². The van der Waals surface area contributed by atoms with Crippen LogP contribution in [0, 0.1) is 11.8 Å². The molecule has 0 aromatic rings. The molecule has 1 N–H and O–H groups in total. The van der Waals surface area contributed by atoms with Gasteiger partial charge in [0.1, 0.15) is 0 Å². The van der Waals surface area contributed by atoms with E-state index in [1.54, 1.807) is 0 Å². The molecule has 1 nitrogen and oxygen atoms in total. The van der Waals surface area contributed by atoms with Crippen molar-refractivity contribution in [1.29, 1.82) is 0 Å². The Morgan fingerprint density at radius 1 is 0.875 bits per heavy atom. The standard InChI is InChI=1S/C14H27NS/c1-2-4-13(5-3-1)6-9-15-12-14-7-10-16-11-8-14/h13-15H,1-12H2. The molecule has 0 amide bonds. The summed E-state index contributed by atoms with van der Waals surface area (Å²) in [7, 11) is 0.